The fourth-order valence-electron chi connectivity index (χ4n) is 1.57. The van der Waals surface area contributed by atoms with Gasteiger partial charge in [0.25, 0.3) is 0 Å². The molecule has 0 aliphatic carbocycles. The van der Waals surface area contributed by atoms with E-state index in [9.17, 15) is 4.79 Å². The van der Waals surface area contributed by atoms with Gasteiger partial charge in [-0.2, -0.15) is 0 Å². The summed E-state index contributed by atoms with van der Waals surface area (Å²) in [6.07, 6.45) is 2.78. The van der Waals surface area contributed by atoms with Gasteiger partial charge >= 0.3 is 0 Å². The fraction of sp³-hybridized carbons (Fsp3) is 0.917. The SMILES string of the molecule is CCNCC(C)C(=O)N(C)CCCCCO. The number of rotatable bonds is 9. The van der Waals surface area contributed by atoms with Crippen molar-refractivity contribution in [1.29, 1.82) is 0 Å². The van der Waals surface area contributed by atoms with Crippen LogP contribution in [0.1, 0.15) is 33.1 Å². The monoisotopic (exact) mass is 230 g/mol. The Hall–Kier alpha value is -0.610. The minimum atomic E-state index is 0.0443. The molecule has 2 N–H and O–H groups in total. The zero-order valence-corrected chi connectivity index (χ0v) is 10.8. The third-order valence-corrected chi connectivity index (χ3v) is 2.65. The molecule has 0 saturated carbocycles. The van der Waals surface area contributed by atoms with Crippen LogP contribution >= 0.6 is 0 Å². The Morgan fingerprint density at radius 3 is 2.62 bits per heavy atom. The average Bonchev–Trinajstić information content (AvgIpc) is 2.30. The van der Waals surface area contributed by atoms with E-state index in [2.05, 4.69) is 5.32 Å². The maximum absolute atomic E-state index is 11.8. The Kier molecular flexibility index (Phi) is 9.24. The lowest BCUT2D eigenvalue weighted by atomic mass is 10.1. The normalized spacial score (nSPS) is 12.5. The number of amides is 1. The van der Waals surface area contributed by atoms with Gasteiger partial charge in [0.15, 0.2) is 0 Å². The molecule has 4 nitrogen and oxygen atoms in total. The molecule has 0 spiro atoms. The number of carbonyl (C=O) groups is 1. The highest BCUT2D eigenvalue weighted by Gasteiger charge is 2.16. The van der Waals surface area contributed by atoms with Gasteiger partial charge in [-0.3, -0.25) is 4.79 Å². The standard InChI is InChI=1S/C12H26N2O2/c1-4-13-10-11(2)12(16)14(3)8-6-5-7-9-15/h11,13,15H,4-10H2,1-3H3. The number of carbonyl (C=O) groups excluding carboxylic acids is 1. The number of unbranched alkanes of at least 4 members (excludes halogenated alkanes) is 2. The topological polar surface area (TPSA) is 52.6 Å². The molecular formula is C12H26N2O2. The van der Waals surface area contributed by atoms with Gasteiger partial charge < -0.3 is 15.3 Å². The summed E-state index contributed by atoms with van der Waals surface area (Å²) in [4.78, 5) is 13.6. The van der Waals surface area contributed by atoms with Crippen LogP contribution < -0.4 is 5.32 Å². The Balaban J connectivity index is 3.70. The van der Waals surface area contributed by atoms with E-state index in [1.807, 2.05) is 20.9 Å². The third kappa shape index (κ3) is 6.80. The Labute approximate surface area is 99.0 Å². The largest absolute Gasteiger partial charge is 0.396 e. The molecule has 1 amide bonds. The molecule has 0 heterocycles. The van der Waals surface area contributed by atoms with Crippen LogP contribution in [-0.2, 0) is 4.79 Å². The van der Waals surface area contributed by atoms with Crippen molar-refractivity contribution in [2.75, 3.05) is 33.3 Å². The first-order chi connectivity index (χ1) is 7.63. The molecule has 0 aromatic rings. The Bertz CT molecular complexity index is 186. The average molecular weight is 230 g/mol. The van der Waals surface area contributed by atoms with Crippen LogP contribution in [-0.4, -0.2) is 49.2 Å². The van der Waals surface area contributed by atoms with Gasteiger partial charge in [-0.25, -0.2) is 0 Å². The molecule has 0 aliphatic rings. The van der Waals surface area contributed by atoms with Gasteiger partial charge in [-0.05, 0) is 25.8 Å². The molecule has 96 valence electrons. The van der Waals surface area contributed by atoms with Crippen molar-refractivity contribution < 1.29 is 9.90 Å². The maximum atomic E-state index is 11.8. The summed E-state index contributed by atoms with van der Waals surface area (Å²) >= 11 is 0. The minimum Gasteiger partial charge on any atom is -0.396 e. The Morgan fingerprint density at radius 2 is 2.06 bits per heavy atom. The first-order valence-corrected chi connectivity index (χ1v) is 6.20. The van der Waals surface area contributed by atoms with E-state index in [1.54, 1.807) is 4.90 Å². The molecule has 0 aromatic carbocycles. The summed E-state index contributed by atoms with van der Waals surface area (Å²) in [5, 5.41) is 11.8. The molecule has 1 unspecified atom stereocenters. The van der Waals surface area contributed by atoms with Crippen molar-refractivity contribution in [2.24, 2.45) is 5.92 Å². The molecule has 0 radical (unpaired) electrons. The second kappa shape index (κ2) is 9.60. The van der Waals surface area contributed by atoms with E-state index < -0.39 is 0 Å². The minimum absolute atomic E-state index is 0.0443. The summed E-state index contributed by atoms with van der Waals surface area (Å²) in [5.74, 6) is 0.243. The van der Waals surface area contributed by atoms with Crippen LogP contribution in [0, 0.1) is 5.92 Å². The zero-order chi connectivity index (χ0) is 12.4. The summed E-state index contributed by atoms with van der Waals surface area (Å²) in [5.41, 5.74) is 0. The van der Waals surface area contributed by atoms with Crippen LogP contribution in [0.4, 0.5) is 0 Å². The van der Waals surface area contributed by atoms with E-state index in [0.717, 1.165) is 38.9 Å². The smallest absolute Gasteiger partial charge is 0.226 e. The quantitative estimate of drug-likeness (QED) is 0.577. The van der Waals surface area contributed by atoms with Crippen LogP contribution in [0.15, 0.2) is 0 Å². The molecule has 0 fully saturated rings. The third-order valence-electron chi connectivity index (χ3n) is 2.65. The molecule has 16 heavy (non-hydrogen) atoms. The van der Waals surface area contributed by atoms with E-state index in [1.165, 1.54) is 0 Å². The molecule has 0 saturated heterocycles. The molecule has 4 heteroatoms. The lowest BCUT2D eigenvalue weighted by molar-refractivity contribution is -0.133. The van der Waals surface area contributed by atoms with Crippen molar-refractivity contribution in [3.05, 3.63) is 0 Å². The van der Waals surface area contributed by atoms with E-state index in [-0.39, 0.29) is 18.4 Å². The number of aliphatic hydroxyl groups is 1. The summed E-state index contributed by atoms with van der Waals surface area (Å²) in [7, 11) is 1.85. The van der Waals surface area contributed by atoms with E-state index in [4.69, 9.17) is 5.11 Å². The van der Waals surface area contributed by atoms with Gasteiger partial charge in [0.1, 0.15) is 0 Å². The van der Waals surface area contributed by atoms with E-state index in [0.29, 0.717) is 0 Å². The van der Waals surface area contributed by atoms with Crippen molar-refractivity contribution in [2.45, 2.75) is 33.1 Å². The van der Waals surface area contributed by atoms with Gasteiger partial charge in [-0.15, -0.1) is 0 Å². The van der Waals surface area contributed by atoms with Crippen molar-refractivity contribution in [3.63, 3.8) is 0 Å². The van der Waals surface area contributed by atoms with Crippen molar-refractivity contribution in [3.8, 4) is 0 Å². The highest BCUT2D eigenvalue weighted by Crippen LogP contribution is 2.02. The predicted molar refractivity (Wildman–Crippen MR) is 66.3 cm³/mol. The highest BCUT2D eigenvalue weighted by atomic mass is 16.2. The Morgan fingerprint density at radius 1 is 1.38 bits per heavy atom. The molecule has 0 rings (SSSR count). The van der Waals surface area contributed by atoms with Gasteiger partial charge in [0.05, 0.1) is 0 Å². The van der Waals surface area contributed by atoms with Crippen LogP contribution in [0.5, 0.6) is 0 Å². The van der Waals surface area contributed by atoms with Crippen molar-refractivity contribution in [1.82, 2.24) is 10.2 Å². The fourth-order valence-corrected chi connectivity index (χ4v) is 1.57. The van der Waals surface area contributed by atoms with Crippen LogP contribution in [0.3, 0.4) is 0 Å². The lowest BCUT2D eigenvalue weighted by Crippen LogP contribution is -2.37. The molecule has 0 aliphatic heterocycles. The van der Waals surface area contributed by atoms with Gasteiger partial charge in [0, 0.05) is 32.7 Å². The predicted octanol–water partition coefficient (Wildman–Crippen LogP) is 0.853. The van der Waals surface area contributed by atoms with Crippen LogP contribution in [0.25, 0.3) is 0 Å². The van der Waals surface area contributed by atoms with Crippen molar-refractivity contribution >= 4 is 5.91 Å². The molecule has 0 aromatic heterocycles. The molecule has 1 atom stereocenters. The maximum Gasteiger partial charge on any atom is 0.226 e. The summed E-state index contributed by atoms with van der Waals surface area (Å²) in [6.45, 7) is 6.67. The summed E-state index contributed by atoms with van der Waals surface area (Å²) in [6, 6.07) is 0. The number of aliphatic hydroxyl groups excluding tert-OH is 1. The lowest BCUT2D eigenvalue weighted by Gasteiger charge is -2.21. The number of nitrogens with zero attached hydrogens (tertiary/aromatic N) is 1. The first-order valence-electron chi connectivity index (χ1n) is 6.20. The molecule has 0 bridgehead atoms. The molecular weight excluding hydrogens is 204 g/mol. The van der Waals surface area contributed by atoms with E-state index >= 15 is 0 Å². The second-order valence-electron chi connectivity index (χ2n) is 4.25. The van der Waals surface area contributed by atoms with Gasteiger partial charge in [-0.1, -0.05) is 13.8 Å². The number of hydrogen-bond donors (Lipinski definition) is 2. The zero-order valence-electron chi connectivity index (χ0n) is 10.8. The van der Waals surface area contributed by atoms with Crippen LogP contribution in [0.2, 0.25) is 0 Å². The van der Waals surface area contributed by atoms with Gasteiger partial charge in [0.2, 0.25) is 5.91 Å². The summed E-state index contributed by atoms with van der Waals surface area (Å²) < 4.78 is 0. The first kappa shape index (κ1) is 15.4. The number of hydrogen-bond acceptors (Lipinski definition) is 3. The second-order valence-corrected chi connectivity index (χ2v) is 4.25. The highest BCUT2D eigenvalue weighted by molar-refractivity contribution is 5.78. The number of nitrogens with one attached hydrogen (secondary N) is 1.